The Bertz CT molecular complexity index is 1200. The van der Waals surface area contributed by atoms with Crippen molar-refractivity contribution in [3.05, 3.63) is 95.3 Å². The molecule has 0 bridgehead atoms. The number of imidazole rings is 1. The largest absolute Gasteiger partial charge is 0.491 e. The van der Waals surface area contributed by atoms with Crippen LogP contribution in [0.2, 0.25) is 0 Å². The molecule has 1 N–H and O–H groups in total. The standard InChI is InChI=1S/C27H29N3O2/c1-20-9-8-14-25(21(20)2)32-18-17-30-24-13-7-6-12-23(24)29-26(30)19-28-27(31)16-15-22-10-4-3-5-11-22/h3-14H,15-19H2,1-2H3,(H,28,31). The highest BCUT2D eigenvalue weighted by atomic mass is 16.5. The monoisotopic (exact) mass is 427 g/mol. The number of aromatic nitrogens is 2. The van der Waals surface area contributed by atoms with Gasteiger partial charge in [0, 0.05) is 6.42 Å². The number of ether oxygens (including phenoxy) is 1. The second kappa shape index (κ2) is 10.1. The van der Waals surface area contributed by atoms with E-state index in [0.717, 1.165) is 34.6 Å². The van der Waals surface area contributed by atoms with Crippen LogP contribution in [0.3, 0.4) is 0 Å². The molecule has 4 aromatic rings. The minimum Gasteiger partial charge on any atom is -0.491 e. The fourth-order valence-corrected chi connectivity index (χ4v) is 3.81. The molecule has 0 saturated heterocycles. The first-order valence-electron chi connectivity index (χ1n) is 11.1. The number of amides is 1. The van der Waals surface area contributed by atoms with E-state index in [1.54, 1.807) is 0 Å². The highest BCUT2D eigenvalue weighted by molar-refractivity contribution is 5.77. The van der Waals surface area contributed by atoms with Gasteiger partial charge in [-0.1, -0.05) is 54.6 Å². The average Bonchev–Trinajstić information content (AvgIpc) is 3.17. The molecule has 0 saturated carbocycles. The van der Waals surface area contributed by atoms with Crippen LogP contribution in [0.4, 0.5) is 0 Å². The molecular formula is C27H29N3O2. The number of para-hydroxylation sites is 2. The summed E-state index contributed by atoms with van der Waals surface area (Å²) in [5.74, 6) is 1.77. The van der Waals surface area contributed by atoms with Gasteiger partial charge in [-0.2, -0.15) is 0 Å². The number of fused-ring (bicyclic) bond motifs is 1. The van der Waals surface area contributed by atoms with Crippen molar-refractivity contribution in [1.82, 2.24) is 14.9 Å². The zero-order valence-electron chi connectivity index (χ0n) is 18.7. The Balaban J connectivity index is 1.40. The molecular weight excluding hydrogens is 398 g/mol. The smallest absolute Gasteiger partial charge is 0.220 e. The Kier molecular flexibility index (Phi) is 6.85. The van der Waals surface area contributed by atoms with Gasteiger partial charge in [0.1, 0.15) is 18.2 Å². The van der Waals surface area contributed by atoms with Crippen LogP contribution in [0, 0.1) is 13.8 Å². The van der Waals surface area contributed by atoms with Crippen molar-refractivity contribution >= 4 is 16.9 Å². The summed E-state index contributed by atoms with van der Waals surface area (Å²) in [4.78, 5) is 17.2. The maximum absolute atomic E-state index is 12.4. The van der Waals surface area contributed by atoms with Crippen LogP contribution >= 0.6 is 0 Å². The summed E-state index contributed by atoms with van der Waals surface area (Å²) in [6, 6.07) is 24.2. The van der Waals surface area contributed by atoms with Crippen molar-refractivity contribution in [3.8, 4) is 5.75 Å². The molecule has 5 heteroatoms. The number of benzene rings is 3. The first kappa shape index (κ1) is 21.6. The average molecular weight is 428 g/mol. The Morgan fingerprint density at radius 2 is 1.75 bits per heavy atom. The van der Waals surface area contributed by atoms with Gasteiger partial charge in [0.25, 0.3) is 0 Å². The van der Waals surface area contributed by atoms with E-state index in [9.17, 15) is 4.79 Å². The second-order valence-electron chi connectivity index (χ2n) is 7.98. The summed E-state index contributed by atoms with van der Waals surface area (Å²) < 4.78 is 8.21. The molecule has 0 aliphatic heterocycles. The lowest BCUT2D eigenvalue weighted by Crippen LogP contribution is -2.25. The quantitative estimate of drug-likeness (QED) is 0.410. The molecule has 0 aliphatic carbocycles. The Hall–Kier alpha value is -3.60. The molecule has 0 radical (unpaired) electrons. The van der Waals surface area contributed by atoms with Gasteiger partial charge in [-0.3, -0.25) is 4.79 Å². The van der Waals surface area contributed by atoms with Crippen LogP contribution in [0.1, 0.15) is 28.9 Å². The fourth-order valence-electron chi connectivity index (χ4n) is 3.81. The minimum absolute atomic E-state index is 0.0269. The van der Waals surface area contributed by atoms with Gasteiger partial charge in [-0.15, -0.1) is 0 Å². The van der Waals surface area contributed by atoms with Crippen LogP contribution in [0.15, 0.2) is 72.8 Å². The maximum atomic E-state index is 12.4. The molecule has 1 aromatic heterocycles. The first-order valence-corrected chi connectivity index (χ1v) is 11.1. The van der Waals surface area contributed by atoms with E-state index in [-0.39, 0.29) is 5.91 Å². The molecule has 0 aliphatic rings. The lowest BCUT2D eigenvalue weighted by Gasteiger charge is -2.13. The first-order chi connectivity index (χ1) is 15.6. The van der Waals surface area contributed by atoms with E-state index in [0.29, 0.717) is 26.1 Å². The van der Waals surface area contributed by atoms with Crippen LogP contribution in [-0.4, -0.2) is 22.1 Å². The number of carbonyl (C=O) groups excluding carboxylic acids is 1. The predicted molar refractivity (Wildman–Crippen MR) is 128 cm³/mol. The van der Waals surface area contributed by atoms with E-state index in [4.69, 9.17) is 9.72 Å². The molecule has 3 aromatic carbocycles. The minimum atomic E-state index is 0.0269. The van der Waals surface area contributed by atoms with Gasteiger partial charge < -0.3 is 14.6 Å². The molecule has 164 valence electrons. The number of nitrogens with one attached hydrogen (secondary N) is 1. The van der Waals surface area contributed by atoms with Crippen molar-refractivity contribution in [1.29, 1.82) is 0 Å². The molecule has 4 rings (SSSR count). The third kappa shape index (κ3) is 5.17. The van der Waals surface area contributed by atoms with Crippen molar-refractivity contribution < 1.29 is 9.53 Å². The zero-order chi connectivity index (χ0) is 22.3. The topological polar surface area (TPSA) is 56.1 Å². The third-order valence-electron chi connectivity index (χ3n) is 5.79. The van der Waals surface area contributed by atoms with Gasteiger partial charge in [0.2, 0.25) is 5.91 Å². The SMILES string of the molecule is Cc1cccc(OCCn2c(CNC(=O)CCc3ccccc3)nc3ccccc32)c1C. The predicted octanol–water partition coefficient (Wildman–Crippen LogP) is 4.98. The highest BCUT2D eigenvalue weighted by Crippen LogP contribution is 2.21. The van der Waals surface area contributed by atoms with E-state index in [1.807, 2.05) is 60.7 Å². The maximum Gasteiger partial charge on any atom is 0.220 e. The summed E-state index contributed by atoms with van der Waals surface area (Å²) in [7, 11) is 0. The molecule has 0 fully saturated rings. The van der Waals surface area contributed by atoms with E-state index < -0.39 is 0 Å². The molecule has 1 heterocycles. The third-order valence-corrected chi connectivity index (χ3v) is 5.79. The van der Waals surface area contributed by atoms with E-state index >= 15 is 0 Å². The highest BCUT2D eigenvalue weighted by Gasteiger charge is 2.12. The van der Waals surface area contributed by atoms with Crippen LogP contribution in [0.25, 0.3) is 11.0 Å². The number of nitrogens with zero attached hydrogens (tertiary/aromatic N) is 2. The summed E-state index contributed by atoms with van der Waals surface area (Å²) in [6.45, 7) is 5.74. The summed E-state index contributed by atoms with van der Waals surface area (Å²) in [5, 5.41) is 3.03. The number of aryl methyl sites for hydroxylation is 2. The zero-order valence-corrected chi connectivity index (χ0v) is 18.7. The lowest BCUT2D eigenvalue weighted by molar-refractivity contribution is -0.121. The van der Waals surface area contributed by atoms with Crippen LogP contribution in [0.5, 0.6) is 5.75 Å². The number of rotatable bonds is 9. The Labute approximate surface area is 189 Å². The number of hydrogen-bond donors (Lipinski definition) is 1. The van der Waals surface area contributed by atoms with Gasteiger partial charge >= 0.3 is 0 Å². The van der Waals surface area contributed by atoms with Gasteiger partial charge in [0.15, 0.2) is 0 Å². The van der Waals surface area contributed by atoms with Crippen LogP contribution in [-0.2, 0) is 24.3 Å². The van der Waals surface area contributed by atoms with Gasteiger partial charge in [-0.05, 0) is 55.2 Å². The number of hydrogen-bond acceptors (Lipinski definition) is 3. The molecule has 0 unspecified atom stereocenters. The molecule has 5 nitrogen and oxygen atoms in total. The molecule has 32 heavy (non-hydrogen) atoms. The van der Waals surface area contributed by atoms with Gasteiger partial charge in [0.05, 0.1) is 24.1 Å². The van der Waals surface area contributed by atoms with Crippen molar-refractivity contribution in [2.45, 2.75) is 39.8 Å². The van der Waals surface area contributed by atoms with Crippen LogP contribution < -0.4 is 10.1 Å². The van der Waals surface area contributed by atoms with E-state index in [2.05, 4.69) is 35.9 Å². The van der Waals surface area contributed by atoms with Crippen molar-refractivity contribution in [2.75, 3.05) is 6.61 Å². The molecule has 0 spiro atoms. The lowest BCUT2D eigenvalue weighted by atomic mass is 10.1. The molecule has 1 amide bonds. The summed E-state index contributed by atoms with van der Waals surface area (Å²) >= 11 is 0. The Morgan fingerprint density at radius 1 is 0.969 bits per heavy atom. The number of carbonyl (C=O) groups is 1. The Morgan fingerprint density at radius 3 is 2.59 bits per heavy atom. The van der Waals surface area contributed by atoms with E-state index in [1.165, 1.54) is 11.1 Å². The summed E-state index contributed by atoms with van der Waals surface area (Å²) in [5.41, 5.74) is 5.51. The van der Waals surface area contributed by atoms with Crippen molar-refractivity contribution in [3.63, 3.8) is 0 Å². The summed E-state index contributed by atoms with van der Waals surface area (Å²) in [6.07, 6.45) is 1.19. The molecule has 0 atom stereocenters. The normalized spacial score (nSPS) is 10.9. The second-order valence-corrected chi connectivity index (χ2v) is 7.98. The fraction of sp³-hybridized carbons (Fsp3) is 0.259. The van der Waals surface area contributed by atoms with Gasteiger partial charge in [-0.25, -0.2) is 4.98 Å². The van der Waals surface area contributed by atoms with Crippen molar-refractivity contribution in [2.24, 2.45) is 0 Å².